The van der Waals surface area contributed by atoms with Gasteiger partial charge >= 0.3 is 6.09 Å². The Kier molecular flexibility index (Phi) is 11.7. The summed E-state index contributed by atoms with van der Waals surface area (Å²) in [4.78, 5) is 26.3. The van der Waals surface area contributed by atoms with Crippen molar-refractivity contribution in [2.75, 3.05) is 27.2 Å². The molecule has 1 aliphatic rings. The van der Waals surface area contributed by atoms with Crippen molar-refractivity contribution in [1.29, 1.82) is 0 Å². The fourth-order valence-corrected chi connectivity index (χ4v) is 4.61. The molecule has 2 rings (SSSR count). The molecule has 0 atom stereocenters. The minimum absolute atomic E-state index is 0.155. The van der Waals surface area contributed by atoms with Gasteiger partial charge in [-0.1, -0.05) is 49.6 Å². The first-order valence-electron chi connectivity index (χ1n) is 12.8. The molecule has 2 amide bonds. The average molecular weight is 460 g/mol. The Labute approximate surface area is 200 Å². The van der Waals surface area contributed by atoms with E-state index in [2.05, 4.69) is 67.7 Å². The number of nitrogens with zero attached hydrogens (tertiary/aromatic N) is 1. The first-order chi connectivity index (χ1) is 15.8. The maximum atomic E-state index is 12.4. The zero-order valence-corrected chi connectivity index (χ0v) is 21.3. The van der Waals surface area contributed by atoms with Crippen molar-refractivity contribution in [3.8, 4) is 0 Å². The molecule has 0 spiro atoms. The first kappa shape index (κ1) is 27.2. The maximum absolute atomic E-state index is 12.4. The van der Waals surface area contributed by atoms with Crippen LogP contribution < -0.4 is 10.6 Å². The second-order valence-electron chi connectivity index (χ2n) is 9.85. The van der Waals surface area contributed by atoms with E-state index >= 15 is 0 Å². The number of carbonyl (C=O) groups is 2. The van der Waals surface area contributed by atoms with Gasteiger partial charge in [0, 0.05) is 24.5 Å². The predicted molar refractivity (Wildman–Crippen MR) is 134 cm³/mol. The van der Waals surface area contributed by atoms with Crippen LogP contribution in [0.25, 0.3) is 0 Å². The molecule has 0 aromatic heterocycles. The van der Waals surface area contributed by atoms with Gasteiger partial charge in [-0.3, -0.25) is 4.79 Å². The van der Waals surface area contributed by atoms with Crippen LogP contribution >= 0.6 is 0 Å². The van der Waals surface area contributed by atoms with Gasteiger partial charge in [-0.2, -0.15) is 0 Å². The molecule has 0 bridgehead atoms. The van der Waals surface area contributed by atoms with Crippen LogP contribution in [0.4, 0.5) is 4.79 Å². The molecule has 0 radical (unpaired) electrons. The molecule has 1 aromatic rings. The van der Waals surface area contributed by atoms with Gasteiger partial charge in [-0.15, -0.1) is 0 Å². The fraction of sp³-hybridized carbons (Fsp3) is 0.704. The zero-order chi connectivity index (χ0) is 24.1. The van der Waals surface area contributed by atoms with Crippen molar-refractivity contribution in [3.63, 3.8) is 0 Å². The van der Waals surface area contributed by atoms with Gasteiger partial charge in [0.2, 0.25) is 5.91 Å². The number of aryl methyl sites for hydroxylation is 1. The monoisotopic (exact) mass is 459 g/mol. The lowest BCUT2D eigenvalue weighted by Gasteiger charge is -2.45. The normalized spacial score (nSPS) is 20.5. The summed E-state index contributed by atoms with van der Waals surface area (Å²) in [5.74, 6) is 0.155. The molecule has 0 aliphatic heterocycles. The number of carbonyl (C=O) groups excluding carboxylic acids is 2. The van der Waals surface area contributed by atoms with Crippen LogP contribution in [0.1, 0.15) is 82.3 Å². The number of amides is 2. The van der Waals surface area contributed by atoms with Crippen molar-refractivity contribution >= 4 is 12.0 Å². The van der Waals surface area contributed by atoms with Crippen molar-refractivity contribution < 1.29 is 14.3 Å². The summed E-state index contributed by atoms with van der Waals surface area (Å²) in [7, 11) is 4.37. The standard InChI is InChI=1S/C27H45N3O3/c1-5-6-20-33-26(32)28-19-9-7-8-10-25(31)29-24-15-17-27(18-16-24,30(3)4)21-23-13-11-22(2)12-14-23/h11-14,24H,5-10,15-21H2,1-4H3,(H,28,32)(H,29,31). The van der Waals surface area contributed by atoms with Crippen LogP contribution in [-0.2, 0) is 16.0 Å². The van der Waals surface area contributed by atoms with Gasteiger partial charge in [-0.25, -0.2) is 4.79 Å². The summed E-state index contributed by atoms with van der Waals surface area (Å²) in [6, 6.07) is 9.17. The molecule has 1 aromatic carbocycles. The van der Waals surface area contributed by atoms with E-state index in [1.54, 1.807) is 0 Å². The Morgan fingerprint density at radius 3 is 2.39 bits per heavy atom. The van der Waals surface area contributed by atoms with Gasteiger partial charge in [0.1, 0.15) is 0 Å². The van der Waals surface area contributed by atoms with E-state index in [9.17, 15) is 9.59 Å². The highest BCUT2D eigenvalue weighted by Gasteiger charge is 2.37. The van der Waals surface area contributed by atoms with Crippen molar-refractivity contribution in [1.82, 2.24) is 15.5 Å². The van der Waals surface area contributed by atoms with Crippen LogP contribution in [0.3, 0.4) is 0 Å². The Bertz CT molecular complexity index is 710. The number of nitrogens with one attached hydrogen (secondary N) is 2. The molecule has 0 heterocycles. The third-order valence-electron chi connectivity index (χ3n) is 6.96. The molecular formula is C27H45N3O3. The average Bonchev–Trinajstić information content (AvgIpc) is 2.79. The van der Waals surface area contributed by atoms with E-state index in [-0.39, 0.29) is 23.6 Å². The Morgan fingerprint density at radius 2 is 1.76 bits per heavy atom. The number of alkyl carbamates (subject to hydrolysis) is 1. The quantitative estimate of drug-likeness (QED) is 0.408. The van der Waals surface area contributed by atoms with Crippen LogP contribution in [0, 0.1) is 6.92 Å². The lowest BCUT2D eigenvalue weighted by Crippen LogP contribution is -2.52. The molecule has 0 saturated heterocycles. The molecule has 0 unspecified atom stereocenters. The number of rotatable bonds is 13. The highest BCUT2D eigenvalue weighted by molar-refractivity contribution is 5.76. The molecule has 1 fully saturated rings. The van der Waals surface area contributed by atoms with E-state index in [0.29, 0.717) is 19.6 Å². The summed E-state index contributed by atoms with van der Waals surface area (Å²) in [6.45, 7) is 5.27. The number of ether oxygens (including phenoxy) is 1. The molecule has 1 aliphatic carbocycles. The summed E-state index contributed by atoms with van der Waals surface area (Å²) >= 11 is 0. The van der Waals surface area contributed by atoms with Crippen molar-refractivity contribution in [3.05, 3.63) is 35.4 Å². The van der Waals surface area contributed by atoms with E-state index in [0.717, 1.165) is 64.2 Å². The number of benzene rings is 1. The van der Waals surface area contributed by atoms with Crippen LogP contribution in [0.5, 0.6) is 0 Å². The minimum Gasteiger partial charge on any atom is -0.450 e. The number of hydrogen-bond donors (Lipinski definition) is 2. The molecule has 1 saturated carbocycles. The van der Waals surface area contributed by atoms with E-state index in [1.807, 2.05) is 0 Å². The largest absolute Gasteiger partial charge is 0.450 e. The van der Waals surface area contributed by atoms with Crippen LogP contribution in [-0.4, -0.2) is 55.7 Å². The molecule has 6 nitrogen and oxygen atoms in total. The van der Waals surface area contributed by atoms with E-state index in [1.165, 1.54) is 11.1 Å². The minimum atomic E-state index is -0.338. The molecule has 2 N–H and O–H groups in total. The number of likely N-dealkylation sites (N-methyl/N-ethyl adjacent to an activating group) is 1. The second-order valence-corrected chi connectivity index (χ2v) is 9.85. The maximum Gasteiger partial charge on any atom is 0.407 e. The van der Waals surface area contributed by atoms with Gasteiger partial charge < -0.3 is 20.3 Å². The zero-order valence-electron chi connectivity index (χ0n) is 21.3. The summed E-state index contributed by atoms with van der Waals surface area (Å²) < 4.78 is 5.06. The second kappa shape index (κ2) is 14.2. The van der Waals surface area contributed by atoms with Gasteiger partial charge in [0.15, 0.2) is 0 Å². The third kappa shape index (κ3) is 9.75. The molecule has 6 heteroatoms. The highest BCUT2D eigenvalue weighted by Crippen LogP contribution is 2.35. The predicted octanol–water partition coefficient (Wildman–Crippen LogP) is 4.98. The summed E-state index contributed by atoms with van der Waals surface area (Å²) in [6.07, 6.45) is 10.1. The third-order valence-corrected chi connectivity index (χ3v) is 6.96. The topological polar surface area (TPSA) is 70.7 Å². The van der Waals surface area contributed by atoms with Gasteiger partial charge in [0.25, 0.3) is 0 Å². The summed E-state index contributed by atoms with van der Waals surface area (Å²) in [5, 5.41) is 6.02. The molecule has 186 valence electrons. The lowest BCUT2D eigenvalue weighted by molar-refractivity contribution is -0.122. The lowest BCUT2D eigenvalue weighted by atomic mass is 9.74. The van der Waals surface area contributed by atoms with Crippen LogP contribution in [0.15, 0.2) is 24.3 Å². The Morgan fingerprint density at radius 1 is 1.06 bits per heavy atom. The SMILES string of the molecule is CCCCOC(=O)NCCCCCC(=O)NC1CCC(Cc2ccc(C)cc2)(N(C)C)CC1. The Hall–Kier alpha value is -2.08. The molecule has 33 heavy (non-hydrogen) atoms. The van der Waals surface area contributed by atoms with Gasteiger partial charge in [-0.05, 0) is 77.9 Å². The Balaban J connectivity index is 1.62. The fourth-order valence-electron chi connectivity index (χ4n) is 4.61. The number of unbranched alkanes of at least 4 members (excludes halogenated alkanes) is 3. The smallest absolute Gasteiger partial charge is 0.407 e. The number of hydrogen-bond acceptors (Lipinski definition) is 4. The van der Waals surface area contributed by atoms with E-state index in [4.69, 9.17) is 4.74 Å². The first-order valence-corrected chi connectivity index (χ1v) is 12.8. The van der Waals surface area contributed by atoms with Crippen molar-refractivity contribution in [2.45, 2.75) is 96.1 Å². The van der Waals surface area contributed by atoms with Crippen LogP contribution in [0.2, 0.25) is 0 Å². The highest BCUT2D eigenvalue weighted by atomic mass is 16.5. The van der Waals surface area contributed by atoms with Gasteiger partial charge in [0.05, 0.1) is 6.61 Å². The summed E-state index contributed by atoms with van der Waals surface area (Å²) in [5.41, 5.74) is 2.85. The van der Waals surface area contributed by atoms with E-state index < -0.39 is 0 Å². The van der Waals surface area contributed by atoms with Crippen molar-refractivity contribution in [2.24, 2.45) is 0 Å². The molecular weight excluding hydrogens is 414 g/mol.